The second-order valence-corrected chi connectivity index (χ2v) is 5.38. The van der Waals surface area contributed by atoms with Crippen LogP contribution >= 0.6 is 0 Å². The van der Waals surface area contributed by atoms with Crippen molar-refractivity contribution >= 4 is 11.6 Å². The van der Waals surface area contributed by atoms with Gasteiger partial charge >= 0.3 is 0 Å². The first-order valence-corrected chi connectivity index (χ1v) is 6.66. The molecule has 1 amide bonds. The normalized spacial score (nSPS) is 11.6. The van der Waals surface area contributed by atoms with Crippen LogP contribution in [0.2, 0.25) is 0 Å². The molecule has 19 heavy (non-hydrogen) atoms. The van der Waals surface area contributed by atoms with Crippen LogP contribution in [0.25, 0.3) is 0 Å². The van der Waals surface area contributed by atoms with Gasteiger partial charge in [-0.1, -0.05) is 13.8 Å². The third-order valence-electron chi connectivity index (χ3n) is 3.26. The summed E-state index contributed by atoms with van der Waals surface area (Å²) < 4.78 is 0. The number of hydrogen-bond acceptors (Lipinski definition) is 4. The molecular formula is C13H25N5O. The molecule has 1 aromatic rings. The van der Waals surface area contributed by atoms with E-state index < -0.39 is 0 Å². The Morgan fingerprint density at radius 1 is 1.42 bits per heavy atom. The van der Waals surface area contributed by atoms with Crippen molar-refractivity contribution in [2.45, 2.75) is 39.7 Å². The zero-order chi connectivity index (χ0) is 14.6. The number of carbonyl (C=O) groups excluding carboxylic acids is 1. The highest BCUT2D eigenvalue weighted by atomic mass is 16.1. The van der Waals surface area contributed by atoms with Crippen molar-refractivity contribution in [1.29, 1.82) is 0 Å². The van der Waals surface area contributed by atoms with Gasteiger partial charge in [-0.3, -0.25) is 9.89 Å². The smallest absolute Gasteiger partial charge is 0.273 e. The molecule has 0 bridgehead atoms. The lowest BCUT2D eigenvalue weighted by Crippen LogP contribution is -2.36. The number of nitrogen functional groups attached to an aromatic ring is 1. The van der Waals surface area contributed by atoms with E-state index in [0.29, 0.717) is 18.3 Å². The molecule has 1 heterocycles. The summed E-state index contributed by atoms with van der Waals surface area (Å²) in [4.78, 5) is 14.1. The Kier molecular flexibility index (Phi) is 5.35. The highest BCUT2D eigenvalue weighted by molar-refractivity contribution is 5.97. The molecule has 0 aliphatic rings. The van der Waals surface area contributed by atoms with Gasteiger partial charge in [0.1, 0.15) is 0 Å². The zero-order valence-electron chi connectivity index (χ0n) is 12.4. The van der Waals surface area contributed by atoms with Gasteiger partial charge in [-0.05, 0) is 26.8 Å². The molecule has 1 rings (SSSR count). The van der Waals surface area contributed by atoms with Crippen LogP contribution in [0.3, 0.4) is 0 Å². The average molecular weight is 267 g/mol. The summed E-state index contributed by atoms with van der Waals surface area (Å²) in [6.07, 6.45) is 0. The van der Waals surface area contributed by atoms with E-state index >= 15 is 0 Å². The van der Waals surface area contributed by atoms with Crippen molar-refractivity contribution in [2.24, 2.45) is 0 Å². The summed E-state index contributed by atoms with van der Waals surface area (Å²) in [6.45, 7) is 9.61. The van der Waals surface area contributed by atoms with Gasteiger partial charge in [-0.2, -0.15) is 5.10 Å². The van der Waals surface area contributed by atoms with Crippen molar-refractivity contribution in [3.8, 4) is 0 Å². The molecule has 1 aromatic heterocycles. The maximum absolute atomic E-state index is 12.0. The third-order valence-corrected chi connectivity index (χ3v) is 3.26. The number of nitrogens with one attached hydrogen (secondary N) is 2. The summed E-state index contributed by atoms with van der Waals surface area (Å²) in [5.74, 6) is -0.000990. The second-order valence-electron chi connectivity index (χ2n) is 5.38. The van der Waals surface area contributed by atoms with Gasteiger partial charge < -0.3 is 16.0 Å². The Labute approximate surface area is 114 Å². The number of rotatable bonds is 6. The molecule has 0 saturated carbocycles. The molecule has 0 saturated heterocycles. The summed E-state index contributed by atoms with van der Waals surface area (Å²) in [6, 6.07) is 0.458. The Morgan fingerprint density at radius 2 is 2.05 bits per heavy atom. The fourth-order valence-corrected chi connectivity index (χ4v) is 1.67. The molecule has 0 atom stereocenters. The van der Waals surface area contributed by atoms with Crippen LogP contribution in [0.4, 0.5) is 5.69 Å². The van der Waals surface area contributed by atoms with Crippen LogP contribution in [0, 0.1) is 0 Å². The topological polar surface area (TPSA) is 87.0 Å². The van der Waals surface area contributed by atoms with Gasteiger partial charge in [0.05, 0.1) is 11.4 Å². The van der Waals surface area contributed by atoms with Crippen molar-refractivity contribution in [2.75, 3.05) is 25.9 Å². The van der Waals surface area contributed by atoms with E-state index in [0.717, 1.165) is 12.2 Å². The first kappa shape index (κ1) is 15.5. The largest absolute Gasteiger partial charge is 0.395 e. The minimum Gasteiger partial charge on any atom is -0.395 e. The standard InChI is InChI=1S/C13H25N5O/c1-8(2)11-10(14)12(17-16-11)13(19)15-6-7-18(5)9(3)4/h8-9H,6-7,14H2,1-5H3,(H,15,19)(H,16,17). The molecule has 4 N–H and O–H groups in total. The van der Waals surface area contributed by atoms with Crippen LogP contribution in [0.5, 0.6) is 0 Å². The predicted octanol–water partition coefficient (Wildman–Crippen LogP) is 1.19. The van der Waals surface area contributed by atoms with E-state index in [4.69, 9.17) is 5.73 Å². The maximum Gasteiger partial charge on any atom is 0.273 e. The molecule has 6 heteroatoms. The van der Waals surface area contributed by atoms with Gasteiger partial charge in [0.25, 0.3) is 5.91 Å². The van der Waals surface area contributed by atoms with Gasteiger partial charge in [-0.15, -0.1) is 0 Å². The van der Waals surface area contributed by atoms with Crippen molar-refractivity contribution in [3.05, 3.63) is 11.4 Å². The van der Waals surface area contributed by atoms with Crippen molar-refractivity contribution in [3.63, 3.8) is 0 Å². The van der Waals surface area contributed by atoms with Gasteiger partial charge in [0.15, 0.2) is 5.69 Å². The van der Waals surface area contributed by atoms with E-state index in [1.54, 1.807) is 0 Å². The molecule has 0 aliphatic carbocycles. The second kappa shape index (κ2) is 6.56. The van der Waals surface area contributed by atoms with E-state index in [2.05, 4.69) is 34.3 Å². The number of nitrogens with zero attached hydrogens (tertiary/aromatic N) is 2. The fraction of sp³-hybridized carbons (Fsp3) is 0.692. The van der Waals surface area contributed by atoms with Crippen LogP contribution < -0.4 is 11.1 Å². The Balaban J connectivity index is 2.55. The third kappa shape index (κ3) is 3.96. The maximum atomic E-state index is 12.0. The van der Waals surface area contributed by atoms with Crippen LogP contribution in [0.1, 0.15) is 49.8 Å². The number of carbonyl (C=O) groups is 1. The highest BCUT2D eigenvalue weighted by Gasteiger charge is 2.18. The zero-order valence-corrected chi connectivity index (χ0v) is 12.4. The van der Waals surface area contributed by atoms with E-state index in [1.807, 2.05) is 20.9 Å². The Hall–Kier alpha value is -1.56. The lowest BCUT2D eigenvalue weighted by Gasteiger charge is -2.20. The molecule has 6 nitrogen and oxygen atoms in total. The number of nitrogens with two attached hydrogens (primary N) is 1. The molecule has 0 unspecified atom stereocenters. The molecule has 108 valence electrons. The van der Waals surface area contributed by atoms with E-state index in [1.165, 1.54) is 0 Å². The number of likely N-dealkylation sites (N-methyl/N-ethyl adjacent to an activating group) is 1. The van der Waals surface area contributed by atoms with Crippen LogP contribution in [-0.2, 0) is 0 Å². The summed E-state index contributed by atoms with van der Waals surface area (Å²) in [5.41, 5.74) is 7.47. The molecular weight excluding hydrogens is 242 g/mol. The molecule has 0 radical (unpaired) electrons. The quantitative estimate of drug-likeness (QED) is 0.722. The summed E-state index contributed by atoms with van der Waals surface area (Å²) in [5, 5.41) is 9.65. The number of aromatic amines is 1. The molecule has 0 spiro atoms. The van der Waals surface area contributed by atoms with Gasteiger partial charge in [0.2, 0.25) is 0 Å². The predicted molar refractivity (Wildman–Crippen MR) is 77.2 cm³/mol. The first-order valence-electron chi connectivity index (χ1n) is 6.66. The van der Waals surface area contributed by atoms with E-state index in [9.17, 15) is 4.79 Å². The van der Waals surface area contributed by atoms with Gasteiger partial charge in [-0.25, -0.2) is 0 Å². The van der Waals surface area contributed by atoms with Crippen molar-refractivity contribution < 1.29 is 4.79 Å². The molecule has 0 aliphatic heterocycles. The van der Waals surface area contributed by atoms with Crippen LogP contribution in [-0.4, -0.2) is 47.2 Å². The lowest BCUT2D eigenvalue weighted by atomic mass is 10.1. The fourth-order valence-electron chi connectivity index (χ4n) is 1.67. The number of H-pyrrole nitrogens is 1. The highest BCUT2D eigenvalue weighted by Crippen LogP contribution is 2.21. The average Bonchev–Trinajstić information content (AvgIpc) is 2.70. The van der Waals surface area contributed by atoms with Crippen molar-refractivity contribution in [1.82, 2.24) is 20.4 Å². The molecule has 0 fully saturated rings. The molecule has 0 aromatic carbocycles. The number of hydrogen-bond donors (Lipinski definition) is 3. The Bertz CT molecular complexity index is 425. The first-order chi connectivity index (χ1) is 8.84. The minimum absolute atomic E-state index is 0.223. The minimum atomic E-state index is -0.224. The lowest BCUT2D eigenvalue weighted by molar-refractivity contribution is 0.0944. The summed E-state index contributed by atoms with van der Waals surface area (Å²) >= 11 is 0. The number of amides is 1. The van der Waals surface area contributed by atoms with Gasteiger partial charge in [0, 0.05) is 19.1 Å². The number of anilines is 1. The SMILES string of the molecule is CC(C)c1[nH]nc(C(=O)NCCN(C)C(C)C)c1N. The monoisotopic (exact) mass is 267 g/mol. The summed E-state index contributed by atoms with van der Waals surface area (Å²) in [7, 11) is 2.02. The van der Waals surface area contributed by atoms with Crippen LogP contribution in [0.15, 0.2) is 0 Å². The Morgan fingerprint density at radius 3 is 2.53 bits per heavy atom. The number of aromatic nitrogens is 2. The van der Waals surface area contributed by atoms with E-state index in [-0.39, 0.29) is 17.5 Å².